The summed E-state index contributed by atoms with van der Waals surface area (Å²) in [6, 6.07) is 12.0. The van der Waals surface area contributed by atoms with Crippen LogP contribution >= 0.6 is 11.3 Å². The molecule has 0 saturated carbocycles. The maximum absolute atomic E-state index is 13.2. The lowest BCUT2D eigenvalue weighted by Gasteiger charge is -2.30. The second kappa shape index (κ2) is 9.67. The summed E-state index contributed by atoms with van der Waals surface area (Å²) in [5.41, 5.74) is 5.64. The van der Waals surface area contributed by atoms with Crippen LogP contribution in [0.15, 0.2) is 42.6 Å². The van der Waals surface area contributed by atoms with E-state index in [-0.39, 0.29) is 23.1 Å². The predicted octanol–water partition coefficient (Wildman–Crippen LogP) is 4.17. The van der Waals surface area contributed by atoms with Gasteiger partial charge < -0.3 is 20.3 Å². The minimum atomic E-state index is -0.0737. The smallest absolute Gasteiger partial charge is 0.251 e. The molecule has 2 N–H and O–H groups in total. The van der Waals surface area contributed by atoms with Gasteiger partial charge in [-0.1, -0.05) is 26.0 Å². The van der Waals surface area contributed by atoms with Gasteiger partial charge in [-0.2, -0.15) is 0 Å². The van der Waals surface area contributed by atoms with E-state index in [1.54, 1.807) is 11.3 Å². The van der Waals surface area contributed by atoms with Crippen LogP contribution < -0.4 is 15.5 Å². The van der Waals surface area contributed by atoms with Gasteiger partial charge in [-0.3, -0.25) is 14.6 Å². The van der Waals surface area contributed by atoms with Crippen LogP contribution in [0.2, 0.25) is 0 Å². The highest BCUT2D eigenvalue weighted by molar-refractivity contribution is 7.19. The number of nitrogens with zero attached hydrogens (tertiary/aromatic N) is 2. The lowest BCUT2D eigenvalue weighted by Crippen LogP contribution is -2.56. The lowest BCUT2D eigenvalue weighted by molar-refractivity contribution is 0.0911. The maximum Gasteiger partial charge on any atom is 0.251 e. The van der Waals surface area contributed by atoms with Crippen LogP contribution in [0.1, 0.15) is 45.9 Å². The molecule has 2 aromatic heterocycles. The zero-order valence-corrected chi connectivity index (χ0v) is 22.1. The number of carbonyl (C=O) groups is 2. The summed E-state index contributed by atoms with van der Waals surface area (Å²) in [7, 11) is 0. The Kier molecular flexibility index (Phi) is 6.34. The Morgan fingerprint density at radius 3 is 2.70 bits per heavy atom. The van der Waals surface area contributed by atoms with E-state index in [4.69, 9.17) is 4.74 Å². The van der Waals surface area contributed by atoms with Crippen molar-refractivity contribution in [1.29, 1.82) is 0 Å². The van der Waals surface area contributed by atoms with Crippen molar-refractivity contribution in [3.05, 3.63) is 58.6 Å². The largest absolute Gasteiger partial charge is 0.378 e. The van der Waals surface area contributed by atoms with Crippen LogP contribution in [0.3, 0.4) is 0 Å². The second-order valence-electron chi connectivity index (χ2n) is 11.0. The van der Waals surface area contributed by atoms with Gasteiger partial charge in [-0.15, -0.1) is 11.3 Å². The minimum absolute atomic E-state index is 0.0632. The van der Waals surface area contributed by atoms with Gasteiger partial charge in [0.2, 0.25) is 0 Å². The van der Waals surface area contributed by atoms with Gasteiger partial charge in [0.15, 0.2) is 5.78 Å². The molecule has 0 unspecified atom stereocenters. The Morgan fingerprint density at radius 2 is 1.95 bits per heavy atom. The normalized spacial score (nSPS) is 19.3. The molecule has 1 aliphatic carbocycles. The van der Waals surface area contributed by atoms with E-state index in [1.165, 1.54) is 0 Å². The molecule has 3 aliphatic rings. The van der Waals surface area contributed by atoms with Crippen LogP contribution in [0, 0.1) is 5.41 Å². The highest BCUT2D eigenvalue weighted by Gasteiger charge is 2.37. The van der Waals surface area contributed by atoms with Crippen molar-refractivity contribution in [3.63, 3.8) is 0 Å². The zero-order chi connectivity index (χ0) is 25.6. The molecule has 0 bridgehead atoms. The molecule has 2 saturated heterocycles. The van der Waals surface area contributed by atoms with E-state index >= 15 is 0 Å². The van der Waals surface area contributed by atoms with Gasteiger partial charge in [0.25, 0.3) is 5.91 Å². The van der Waals surface area contributed by atoms with E-state index in [9.17, 15) is 9.59 Å². The number of Topliss-reactive ketones (excluding diaryl/α,β-unsaturated/α-hetero) is 1. The minimum Gasteiger partial charge on any atom is -0.378 e. The summed E-state index contributed by atoms with van der Waals surface area (Å²) in [6.07, 6.45) is 3.28. The summed E-state index contributed by atoms with van der Waals surface area (Å²) in [6.45, 7) is 8.99. The molecule has 8 heteroatoms. The van der Waals surface area contributed by atoms with Crippen LogP contribution in [0.5, 0.6) is 0 Å². The molecule has 3 aromatic rings. The van der Waals surface area contributed by atoms with Crippen LogP contribution in [-0.4, -0.2) is 62.1 Å². The summed E-state index contributed by atoms with van der Waals surface area (Å²) in [5, 5.41) is 7.40. The number of ketones is 1. The van der Waals surface area contributed by atoms with Crippen LogP contribution in [-0.2, 0) is 11.2 Å². The fourth-order valence-corrected chi connectivity index (χ4v) is 6.74. The first-order valence-electron chi connectivity index (χ1n) is 13.0. The molecule has 2 fully saturated rings. The number of thiophene rings is 1. The topological polar surface area (TPSA) is 83.6 Å². The van der Waals surface area contributed by atoms with Gasteiger partial charge in [-0.05, 0) is 47.2 Å². The number of hydrogen-bond donors (Lipinski definition) is 2. The molecule has 0 radical (unpaired) electrons. The van der Waals surface area contributed by atoms with E-state index in [2.05, 4.69) is 40.4 Å². The molecule has 1 amide bonds. The fraction of sp³-hybridized carbons (Fsp3) is 0.414. The molecule has 7 nitrogen and oxygen atoms in total. The van der Waals surface area contributed by atoms with E-state index in [1.807, 2.05) is 36.5 Å². The fourth-order valence-electron chi connectivity index (χ4n) is 5.41. The number of nitrogens with one attached hydrogen (secondary N) is 2. The molecule has 192 valence electrons. The average Bonchev–Trinajstić information content (AvgIpc) is 3.25. The number of carbonyl (C=O) groups excluding carboxylic acids is 2. The number of rotatable bonds is 5. The number of pyridine rings is 1. The van der Waals surface area contributed by atoms with Crippen molar-refractivity contribution in [1.82, 2.24) is 15.6 Å². The summed E-state index contributed by atoms with van der Waals surface area (Å²) < 4.78 is 5.62. The third-order valence-corrected chi connectivity index (χ3v) is 8.75. The Balaban J connectivity index is 1.40. The van der Waals surface area contributed by atoms with Gasteiger partial charge >= 0.3 is 0 Å². The number of ether oxygens (including phenoxy) is 1. The number of morpholine rings is 1. The molecule has 6 rings (SSSR count). The summed E-state index contributed by atoms with van der Waals surface area (Å²) in [5.74, 6) is 0.179. The number of benzene rings is 1. The van der Waals surface area contributed by atoms with E-state index in [0.29, 0.717) is 25.2 Å². The Morgan fingerprint density at radius 1 is 1.14 bits per heavy atom. The first-order valence-corrected chi connectivity index (χ1v) is 13.8. The molecule has 1 aromatic carbocycles. The van der Waals surface area contributed by atoms with Crippen molar-refractivity contribution < 1.29 is 14.3 Å². The predicted molar refractivity (Wildman–Crippen MR) is 147 cm³/mol. The lowest BCUT2D eigenvalue weighted by atomic mass is 9.75. The molecule has 2 aliphatic heterocycles. The summed E-state index contributed by atoms with van der Waals surface area (Å²) in [4.78, 5) is 33.9. The third kappa shape index (κ3) is 4.81. The van der Waals surface area contributed by atoms with Gasteiger partial charge in [0.1, 0.15) is 0 Å². The number of fused-ring (bicyclic) bond motifs is 1. The maximum atomic E-state index is 13.2. The molecule has 4 heterocycles. The molecular formula is C29H32N4O3S. The van der Waals surface area contributed by atoms with Crippen LogP contribution in [0.4, 0.5) is 5.00 Å². The molecule has 0 atom stereocenters. The van der Waals surface area contributed by atoms with Crippen molar-refractivity contribution >= 4 is 28.0 Å². The van der Waals surface area contributed by atoms with E-state index < -0.39 is 0 Å². The first-order chi connectivity index (χ1) is 17.9. The highest BCUT2D eigenvalue weighted by atomic mass is 32.1. The highest BCUT2D eigenvalue weighted by Crippen LogP contribution is 2.49. The average molecular weight is 517 g/mol. The number of amides is 1. The Hall–Kier alpha value is -3.07. The van der Waals surface area contributed by atoms with E-state index in [0.717, 1.165) is 70.4 Å². The molecule has 0 spiro atoms. The van der Waals surface area contributed by atoms with Gasteiger partial charge in [0, 0.05) is 55.5 Å². The quantitative estimate of drug-likeness (QED) is 0.530. The second-order valence-corrected chi connectivity index (χ2v) is 12.0. The standard InChI is InChI=1S/C29H32N4O3S/c1-29(2)14-22-25(28(33-8-10-36-11-9-33)37-26(22)24(34)15-29)19-6-7-31-23(13-19)18-4-3-5-20(12-18)27(35)32-21-16-30-17-21/h3-7,12-13,21,30H,8-11,14-17H2,1-2H3,(H,32,35). The number of aromatic nitrogens is 1. The molecular weight excluding hydrogens is 484 g/mol. The molecule has 37 heavy (non-hydrogen) atoms. The van der Waals surface area contributed by atoms with Crippen molar-refractivity contribution in [2.75, 3.05) is 44.3 Å². The number of anilines is 1. The van der Waals surface area contributed by atoms with Gasteiger partial charge in [-0.25, -0.2) is 0 Å². The van der Waals surface area contributed by atoms with Crippen LogP contribution in [0.25, 0.3) is 22.4 Å². The van der Waals surface area contributed by atoms with Crippen molar-refractivity contribution in [3.8, 4) is 22.4 Å². The Labute approximate surface area is 221 Å². The zero-order valence-electron chi connectivity index (χ0n) is 21.3. The first kappa shape index (κ1) is 24.3. The Bertz CT molecular complexity index is 1350. The third-order valence-electron chi connectivity index (χ3n) is 7.42. The SMILES string of the molecule is CC1(C)CC(=O)c2sc(N3CCOCC3)c(-c3ccnc(-c4cccc(C(=O)NC5CNC5)c4)c3)c2C1. The monoisotopic (exact) mass is 516 g/mol. The summed E-state index contributed by atoms with van der Waals surface area (Å²) >= 11 is 1.64. The van der Waals surface area contributed by atoms with Crippen molar-refractivity contribution in [2.45, 2.75) is 32.7 Å². The number of hydrogen-bond acceptors (Lipinski definition) is 7. The van der Waals surface area contributed by atoms with Gasteiger partial charge in [0.05, 0.1) is 34.8 Å². The van der Waals surface area contributed by atoms with Crippen molar-refractivity contribution in [2.24, 2.45) is 5.41 Å².